The quantitative estimate of drug-likeness (QED) is 0.461. The molecule has 29 heavy (non-hydrogen) atoms. The number of nitro groups is 1. The van der Waals surface area contributed by atoms with Gasteiger partial charge in [0.1, 0.15) is 12.1 Å². The van der Waals surface area contributed by atoms with Gasteiger partial charge < -0.3 is 19.4 Å². The number of hydrogen-bond donors (Lipinski definition) is 0. The average Bonchev–Trinajstić information content (AvgIpc) is 2.77. The molecule has 0 bridgehead atoms. The van der Waals surface area contributed by atoms with E-state index >= 15 is 0 Å². The molecule has 0 N–H and O–H groups in total. The van der Waals surface area contributed by atoms with Gasteiger partial charge in [-0.2, -0.15) is 0 Å². The van der Waals surface area contributed by atoms with Gasteiger partial charge in [0.05, 0.1) is 11.5 Å². The number of nitrogens with zero attached hydrogens (tertiary/aromatic N) is 7. The Hall–Kier alpha value is -3.01. The van der Waals surface area contributed by atoms with Crippen molar-refractivity contribution in [3.8, 4) is 0 Å². The summed E-state index contributed by atoms with van der Waals surface area (Å²) >= 11 is 0. The Morgan fingerprint density at radius 2 is 1.90 bits per heavy atom. The lowest BCUT2D eigenvalue weighted by atomic mass is 10.2. The third-order valence-corrected chi connectivity index (χ3v) is 4.88. The van der Waals surface area contributed by atoms with Crippen LogP contribution >= 0.6 is 0 Å². The van der Waals surface area contributed by atoms with Gasteiger partial charge >= 0.3 is 5.69 Å². The van der Waals surface area contributed by atoms with Crippen LogP contribution in [0.4, 0.5) is 23.1 Å². The fraction of sp³-hybridized carbons (Fsp3) is 0.526. The minimum Gasteiger partial charge on any atom is -0.383 e. The van der Waals surface area contributed by atoms with E-state index in [0.717, 1.165) is 25.3 Å². The molecule has 2 aromatic rings. The summed E-state index contributed by atoms with van der Waals surface area (Å²) in [5.41, 5.74) is -0.0386. The Morgan fingerprint density at radius 3 is 2.52 bits per heavy atom. The van der Waals surface area contributed by atoms with Crippen molar-refractivity contribution in [1.29, 1.82) is 0 Å². The first-order valence-corrected chi connectivity index (χ1v) is 9.80. The molecule has 0 radical (unpaired) electrons. The number of pyridine rings is 1. The molecule has 0 saturated carbocycles. The van der Waals surface area contributed by atoms with Crippen LogP contribution in [0.25, 0.3) is 0 Å². The molecule has 0 unspecified atom stereocenters. The molecule has 1 aliphatic heterocycles. The first-order chi connectivity index (χ1) is 14.2. The predicted molar refractivity (Wildman–Crippen MR) is 112 cm³/mol. The second kappa shape index (κ2) is 9.97. The van der Waals surface area contributed by atoms with E-state index in [1.807, 2.05) is 34.9 Å². The molecule has 0 amide bonds. The Balaban J connectivity index is 1.83. The van der Waals surface area contributed by atoms with E-state index < -0.39 is 0 Å². The maximum absolute atomic E-state index is 12.0. The van der Waals surface area contributed by atoms with E-state index in [0.29, 0.717) is 44.4 Å². The lowest BCUT2D eigenvalue weighted by Crippen LogP contribution is -2.47. The Morgan fingerprint density at radius 1 is 1.14 bits per heavy atom. The van der Waals surface area contributed by atoms with Gasteiger partial charge in [-0.25, -0.2) is 15.0 Å². The third kappa shape index (κ3) is 4.89. The summed E-state index contributed by atoms with van der Waals surface area (Å²) < 4.78 is 5.16. The number of rotatable bonds is 9. The molecule has 0 aliphatic carbocycles. The molecule has 3 heterocycles. The monoisotopic (exact) mass is 401 g/mol. The summed E-state index contributed by atoms with van der Waals surface area (Å²) in [6.45, 7) is 6.39. The summed E-state index contributed by atoms with van der Waals surface area (Å²) in [5.74, 6) is 1.64. The maximum atomic E-state index is 12.0. The van der Waals surface area contributed by atoms with Gasteiger partial charge in [-0.1, -0.05) is 13.0 Å². The van der Waals surface area contributed by atoms with Crippen molar-refractivity contribution in [1.82, 2.24) is 15.0 Å². The van der Waals surface area contributed by atoms with Crippen LogP contribution < -0.4 is 14.7 Å². The molecule has 1 fully saturated rings. The van der Waals surface area contributed by atoms with Gasteiger partial charge in [-0.15, -0.1) is 0 Å². The summed E-state index contributed by atoms with van der Waals surface area (Å²) in [6.07, 6.45) is 4.03. The van der Waals surface area contributed by atoms with Crippen molar-refractivity contribution < 1.29 is 9.66 Å². The standard InChI is InChI=1S/C19H27N7O3/c1-3-8-24(13-14-29-2)18-17(26(27)28)19(22-15-21-18)25-11-9-23(10-12-25)16-6-4-5-7-20-16/h4-7,15H,3,8-14H2,1-2H3. The average molecular weight is 401 g/mol. The number of methoxy groups -OCH3 is 1. The summed E-state index contributed by atoms with van der Waals surface area (Å²) in [4.78, 5) is 30.6. The Labute approximate surface area is 170 Å². The molecule has 156 valence electrons. The van der Waals surface area contributed by atoms with E-state index in [-0.39, 0.29) is 10.6 Å². The SMILES string of the molecule is CCCN(CCOC)c1ncnc(N2CCN(c3ccccn3)CC2)c1[N+](=O)[O-]. The largest absolute Gasteiger partial charge is 0.383 e. The fourth-order valence-corrected chi connectivity index (χ4v) is 3.47. The fourth-order valence-electron chi connectivity index (χ4n) is 3.47. The van der Waals surface area contributed by atoms with E-state index in [2.05, 4.69) is 19.9 Å². The number of aromatic nitrogens is 3. The van der Waals surface area contributed by atoms with Crippen LogP contribution in [-0.4, -0.2) is 72.9 Å². The van der Waals surface area contributed by atoms with Crippen LogP contribution in [0.1, 0.15) is 13.3 Å². The minimum atomic E-state index is -0.370. The second-order valence-corrected chi connectivity index (χ2v) is 6.77. The van der Waals surface area contributed by atoms with Crippen molar-refractivity contribution in [3.63, 3.8) is 0 Å². The van der Waals surface area contributed by atoms with Gasteiger partial charge in [-0.05, 0) is 18.6 Å². The molecule has 0 spiro atoms. The van der Waals surface area contributed by atoms with Gasteiger partial charge in [0.2, 0.25) is 11.6 Å². The zero-order valence-corrected chi connectivity index (χ0v) is 16.9. The van der Waals surface area contributed by atoms with Gasteiger partial charge in [0, 0.05) is 52.6 Å². The summed E-state index contributed by atoms with van der Waals surface area (Å²) in [7, 11) is 1.62. The summed E-state index contributed by atoms with van der Waals surface area (Å²) in [6, 6.07) is 5.81. The normalized spacial score (nSPS) is 14.1. The first kappa shape index (κ1) is 20.7. The van der Waals surface area contributed by atoms with Crippen LogP contribution in [0.5, 0.6) is 0 Å². The smallest absolute Gasteiger partial charge is 0.353 e. The van der Waals surface area contributed by atoms with Crippen molar-refractivity contribution in [2.45, 2.75) is 13.3 Å². The molecule has 10 heteroatoms. The highest BCUT2D eigenvalue weighted by Crippen LogP contribution is 2.34. The molecule has 3 rings (SSSR count). The summed E-state index contributed by atoms with van der Waals surface area (Å²) in [5, 5.41) is 12.0. The highest BCUT2D eigenvalue weighted by molar-refractivity contribution is 5.71. The van der Waals surface area contributed by atoms with Gasteiger partial charge in [-0.3, -0.25) is 10.1 Å². The van der Waals surface area contributed by atoms with Gasteiger partial charge in [0.15, 0.2) is 0 Å². The highest BCUT2D eigenvalue weighted by atomic mass is 16.6. The van der Waals surface area contributed by atoms with Crippen LogP contribution in [0.2, 0.25) is 0 Å². The lowest BCUT2D eigenvalue weighted by molar-refractivity contribution is -0.383. The van der Waals surface area contributed by atoms with Crippen LogP contribution in [0.15, 0.2) is 30.7 Å². The molecule has 1 saturated heterocycles. The number of piperazine rings is 1. The third-order valence-electron chi connectivity index (χ3n) is 4.88. The van der Waals surface area contributed by atoms with Crippen LogP contribution in [0.3, 0.4) is 0 Å². The Bertz CT molecular complexity index is 798. The second-order valence-electron chi connectivity index (χ2n) is 6.77. The highest BCUT2D eigenvalue weighted by Gasteiger charge is 2.31. The molecular weight excluding hydrogens is 374 g/mol. The predicted octanol–water partition coefficient (Wildman–Crippen LogP) is 1.97. The van der Waals surface area contributed by atoms with Crippen molar-refractivity contribution in [2.75, 3.05) is 67.7 Å². The van der Waals surface area contributed by atoms with Crippen molar-refractivity contribution >= 4 is 23.1 Å². The van der Waals surface area contributed by atoms with E-state index in [4.69, 9.17) is 4.74 Å². The zero-order chi connectivity index (χ0) is 20.6. The van der Waals surface area contributed by atoms with E-state index in [9.17, 15) is 10.1 Å². The van der Waals surface area contributed by atoms with Crippen LogP contribution in [-0.2, 0) is 4.74 Å². The van der Waals surface area contributed by atoms with E-state index in [1.165, 1.54) is 6.33 Å². The maximum Gasteiger partial charge on any atom is 0.353 e. The molecule has 1 aliphatic rings. The van der Waals surface area contributed by atoms with Crippen molar-refractivity contribution in [2.24, 2.45) is 0 Å². The van der Waals surface area contributed by atoms with Crippen molar-refractivity contribution in [3.05, 3.63) is 40.8 Å². The van der Waals surface area contributed by atoms with Crippen LogP contribution in [0, 0.1) is 10.1 Å². The minimum absolute atomic E-state index is 0.0386. The molecule has 10 nitrogen and oxygen atoms in total. The topological polar surface area (TPSA) is 101 Å². The molecule has 2 aromatic heterocycles. The van der Waals surface area contributed by atoms with Gasteiger partial charge in [0.25, 0.3) is 0 Å². The number of hydrogen-bond acceptors (Lipinski definition) is 9. The Kier molecular flexibility index (Phi) is 7.12. The lowest BCUT2D eigenvalue weighted by Gasteiger charge is -2.36. The molecule has 0 atom stereocenters. The first-order valence-electron chi connectivity index (χ1n) is 9.80. The number of anilines is 3. The molecule has 0 aromatic carbocycles. The van der Waals surface area contributed by atoms with E-state index in [1.54, 1.807) is 13.3 Å². The molecular formula is C19H27N7O3. The number of ether oxygens (including phenoxy) is 1. The zero-order valence-electron chi connectivity index (χ0n) is 16.9.